The first-order chi connectivity index (χ1) is 10.3. The predicted octanol–water partition coefficient (Wildman–Crippen LogP) is 2.71. The Labute approximate surface area is 133 Å². The Bertz CT molecular complexity index is 659. The molecule has 5 nitrogen and oxygen atoms in total. The molecule has 0 atom stereocenters. The summed E-state index contributed by atoms with van der Waals surface area (Å²) in [4.78, 5) is 24.5. The zero-order valence-electron chi connectivity index (χ0n) is 12.3. The first kappa shape index (κ1) is 16.2. The molecule has 6 heteroatoms. The summed E-state index contributed by atoms with van der Waals surface area (Å²) in [6.45, 7) is 2.79. The van der Waals surface area contributed by atoms with Crippen LogP contribution < -0.4 is 9.64 Å². The van der Waals surface area contributed by atoms with Gasteiger partial charge in [-0.2, -0.15) is 0 Å². The summed E-state index contributed by atoms with van der Waals surface area (Å²) in [5, 5.41) is 9.65. The van der Waals surface area contributed by atoms with Crippen molar-refractivity contribution in [3.8, 4) is 18.1 Å². The summed E-state index contributed by atoms with van der Waals surface area (Å²) in [6, 6.07) is 4.67. The van der Waals surface area contributed by atoms with Crippen molar-refractivity contribution >= 4 is 29.2 Å². The topological polar surface area (TPSA) is 66.8 Å². The van der Waals surface area contributed by atoms with Gasteiger partial charge in [-0.1, -0.05) is 11.6 Å². The van der Waals surface area contributed by atoms with E-state index in [1.54, 1.807) is 12.1 Å². The SMILES string of the molecule is C#CC(=O)N(c1ccc(OC2CC2)c(Cl)c1)C(C)(C)C(=O)O. The zero-order valence-corrected chi connectivity index (χ0v) is 13.1. The fraction of sp³-hybridized carbons (Fsp3) is 0.375. The maximum Gasteiger partial charge on any atom is 0.329 e. The lowest BCUT2D eigenvalue weighted by molar-refractivity contribution is -0.143. The van der Waals surface area contributed by atoms with Crippen LogP contribution in [0.3, 0.4) is 0 Å². The van der Waals surface area contributed by atoms with Gasteiger partial charge < -0.3 is 9.84 Å². The smallest absolute Gasteiger partial charge is 0.329 e. The van der Waals surface area contributed by atoms with Crippen LogP contribution in [0.25, 0.3) is 0 Å². The fourth-order valence-corrected chi connectivity index (χ4v) is 2.16. The Kier molecular flexibility index (Phi) is 4.34. The number of anilines is 1. The number of hydrogen-bond donors (Lipinski definition) is 1. The van der Waals surface area contributed by atoms with Gasteiger partial charge in [0.15, 0.2) is 0 Å². The fourth-order valence-electron chi connectivity index (χ4n) is 1.94. The second kappa shape index (κ2) is 5.90. The van der Waals surface area contributed by atoms with E-state index < -0.39 is 17.4 Å². The summed E-state index contributed by atoms with van der Waals surface area (Å²) in [7, 11) is 0. The first-order valence-corrected chi connectivity index (χ1v) is 7.15. The molecule has 2 rings (SSSR count). The molecule has 1 fully saturated rings. The summed E-state index contributed by atoms with van der Waals surface area (Å²) in [5.74, 6) is 0.533. The van der Waals surface area contributed by atoms with E-state index >= 15 is 0 Å². The van der Waals surface area contributed by atoms with Crippen molar-refractivity contribution < 1.29 is 19.4 Å². The van der Waals surface area contributed by atoms with Crippen LogP contribution in [0.5, 0.6) is 5.75 Å². The van der Waals surface area contributed by atoms with E-state index in [0.29, 0.717) is 16.5 Å². The Morgan fingerprint density at radius 2 is 2.09 bits per heavy atom. The van der Waals surface area contributed by atoms with Crippen molar-refractivity contribution in [1.29, 1.82) is 0 Å². The molecule has 1 aromatic rings. The van der Waals surface area contributed by atoms with Crippen molar-refractivity contribution in [2.75, 3.05) is 4.90 Å². The van der Waals surface area contributed by atoms with Crippen LogP contribution in [-0.4, -0.2) is 28.6 Å². The van der Waals surface area contributed by atoms with Gasteiger partial charge in [0, 0.05) is 5.69 Å². The Morgan fingerprint density at radius 3 is 2.55 bits per heavy atom. The third kappa shape index (κ3) is 3.18. The predicted molar refractivity (Wildman–Crippen MR) is 83.1 cm³/mol. The molecule has 0 unspecified atom stereocenters. The average Bonchev–Trinajstić information content (AvgIpc) is 3.25. The lowest BCUT2D eigenvalue weighted by Gasteiger charge is -2.33. The van der Waals surface area contributed by atoms with E-state index in [0.717, 1.165) is 17.7 Å². The molecule has 22 heavy (non-hydrogen) atoms. The van der Waals surface area contributed by atoms with Gasteiger partial charge in [0.1, 0.15) is 11.3 Å². The molecule has 116 valence electrons. The van der Waals surface area contributed by atoms with Crippen molar-refractivity contribution in [3.05, 3.63) is 23.2 Å². The maximum atomic E-state index is 12.0. The molecule has 0 aromatic heterocycles. The van der Waals surface area contributed by atoms with E-state index in [2.05, 4.69) is 0 Å². The molecule has 1 amide bonds. The number of carbonyl (C=O) groups excluding carboxylic acids is 1. The van der Waals surface area contributed by atoms with Crippen LogP contribution in [0, 0.1) is 12.3 Å². The third-order valence-electron chi connectivity index (χ3n) is 3.40. The molecule has 0 aliphatic heterocycles. The molecule has 0 bridgehead atoms. The van der Waals surface area contributed by atoms with Gasteiger partial charge in [0.05, 0.1) is 11.1 Å². The van der Waals surface area contributed by atoms with Crippen molar-refractivity contribution in [3.63, 3.8) is 0 Å². The molecular formula is C16H16ClNO4. The molecule has 0 saturated heterocycles. The number of amides is 1. The van der Waals surface area contributed by atoms with Crippen molar-refractivity contribution in [2.45, 2.75) is 38.3 Å². The van der Waals surface area contributed by atoms with Gasteiger partial charge in [-0.25, -0.2) is 4.79 Å². The molecule has 0 heterocycles. The number of halogens is 1. The van der Waals surface area contributed by atoms with Gasteiger partial charge in [-0.15, -0.1) is 6.42 Å². The van der Waals surface area contributed by atoms with Crippen LogP contribution in [0.2, 0.25) is 5.02 Å². The number of benzene rings is 1. The number of rotatable bonds is 5. The van der Waals surface area contributed by atoms with Crippen molar-refractivity contribution in [1.82, 2.24) is 0 Å². The lowest BCUT2D eigenvalue weighted by Crippen LogP contribution is -2.53. The number of carboxylic acids is 1. The second-order valence-corrected chi connectivity index (χ2v) is 5.99. The largest absolute Gasteiger partial charge is 0.489 e. The Hall–Kier alpha value is -2.19. The molecule has 0 spiro atoms. The molecule has 1 aromatic carbocycles. The first-order valence-electron chi connectivity index (χ1n) is 6.77. The zero-order chi connectivity index (χ0) is 16.5. The van der Waals surface area contributed by atoms with Gasteiger partial charge >= 0.3 is 11.9 Å². The molecule has 1 aliphatic carbocycles. The number of aliphatic carboxylic acids is 1. The standard InChI is InChI=1S/C16H16ClNO4/c1-4-14(19)18(16(2,3)15(20)21)10-5-8-13(12(17)9-10)22-11-6-7-11/h1,5,8-9,11H,6-7H2,2-3H3,(H,20,21). The van der Waals surface area contributed by atoms with Gasteiger partial charge in [0.25, 0.3) is 0 Å². The molecule has 0 radical (unpaired) electrons. The number of nitrogens with zero attached hydrogens (tertiary/aromatic N) is 1. The lowest BCUT2D eigenvalue weighted by atomic mass is 10.0. The van der Waals surface area contributed by atoms with E-state index in [9.17, 15) is 14.7 Å². The molecule has 1 aliphatic rings. The van der Waals surface area contributed by atoms with Crippen LogP contribution >= 0.6 is 11.6 Å². The van der Waals surface area contributed by atoms with Crippen molar-refractivity contribution in [2.24, 2.45) is 0 Å². The summed E-state index contributed by atoms with van der Waals surface area (Å²) in [6.07, 6.45) is 7.32. The number of carboxylic acid groups (broad SMARTS) is 1. The summed E-state index contributed by atoms with van der Waals surface area (Å²) >= 11 is 6.16. The minimum atomic E-state index is -1.51. The quantitative estimate of drug-likeness (QED) is 0.847. The number of ether oxygens (including phenoxy) is 1. The van der Waals surface area contributed by atoms with Crippen LogP contribution in [0.1, 0.15) is 26.7 Å². The normalized spacial score (nSPS) is 14.1. The molecular weight excluding hydrogens is 306 g/mol. The molecule has 1 saturated carbocycles. The van der Waals surface area contributed by atoms with Gasteiger partial charge in [-0.05, 0) is 50.8 Å². The maximum absolute atomic E-state index is 12.0. The minimum Gasteiger partial charge on any atom is -0.489 e. The van der Waals surface area contributed by atoms with Crippen LogP contribution in [0.4, 0.5) is 5.69 Å². The highest BCUT2D eigenvalue weighted by molar-refractivity contribution is 6.32. The summed E-state index contributed by atoms with van der Waals surface area (Å²) < 4.78 is 5.62. The van der Waals surface area contributed by atoms with E-state index in [1.807, 2.05) is 5.92 Å². The number of terminal acetylenes is 1. The number of carbonyl (C=O) groups is 2. The summed E-state index contributed by atoms with van der Waals surface area (Å²) in [5.41, 5.74) is -1.20. The Morgan fingerprint density at radius 1 is 1.45 bits per heavy atom. The van der Waals surface area contributed by atoms with Crippen LogP contribution in [-0.2, 0) is 9.59 Å². The highest BCUT2D eigenvalue weighted by Gasteiger charge is 2.39. The average molecular weight is 322 g/mol. The monoisotopic (exact) mass is 321 g/mol. The number of hydrogen-bond acceptors (Lipinski definition) is 3. The van der Waals surface area contributed by atoms with E-state index in [4.69, 9.17) is 22.8 Å². The van der Waals surface area contributed by atoms with Crippen LogP contribution in [0.15, 0.2) is 18.2 Å². The Balaban J connectivity index is 2.39. The molecule has 1 N–H and O–H groups in total. The van der Waals surface area contributed by atoms with E-state index in [-0.39, 0.29) is 6.10 Å². The highest BCUT2D eigenvalue weighted by Crippen LogP contribution is 2.36. The second-order valence-electron chi connectivity index (χ2n) is 5.58. The van der Waals surface area contributed by atoms with E-state index in [1.165, 1.54) is 19.9 Å². The van der Waals surface area contributed by atoms with Gasteiger partial charge in [-0.3, -0.25) is 9.69 Å². The third-order valence-corrected chi connectivity index (χ3v) is 3.70. The minimum absolute atomic E-state index is 0.183. The van der Waals surface area contributed by atoms with Gasteiger partial charge in [0.2, 0.25) is 0 Å². The highest BCUT2D eigenvalue weighted by atomic mass is 35.5.